The maximum atomic E-state index is 12.3. The summed E-state index contributed by atoms with van der Waals surface area (Å²) in [5, 5.41) is 17.0. The van der Waals surface area contributed by atoms with Gasteiger partial charge in [-0.25, -0.2) is 9.50 Å². The highest BCUT2D eigenvalue weighted by Crippen LogP contribution is 2.16. The number of aliphatic hydroxyl groups excluding tert-OH is 1. The zero-order valence-electron chi connectivity index (χ0n) is 11.9. The summed E-state index contributed by atoms with van der Waals surface area (Å²) in [6, 6.07) is 5.64. The van der Waals surface area contributed by atoms with Gasteiger partial charge in [-0.3, -0.25) is 4.79 Å². The Kier molecular flexibility index (Phi) is 3.85. The number of nitrogens with zero attached hydrogens (tertiary/aromatic N) is 4. The molecule has 0 aliphatic carbocycles. The zero-order chi connectivity index (χ0) is 14.8. The van der Waals surface area contributed by atoms with Gasteiger partial charge in [0.05, 0.1) is 24.3 Å². The van der Waals surface area contributed by atoms with E-state index in [1.54, 1.807) is 4.52 Å². The van der Waals surface area contributed by atoms with Crippen molar-refractivity contribution < 1.29 is 9.90 Å². The van der Waals surface area contributed by atoms with Crippen LogP contribution in [0, 0.1) is 5.92 Å². The highest BCUT2D eigenvalue weighted by Gasteiger charge is 2.31. The minimum absolute atomic E-state index is 0.119. The van der Waals surface area contributed by atoms with Crippen LogP contribution in [0.4, 0.5) is 0 Å². The van der Waals surface area contributed by atoms with Crippen LogP contribution in [0.1, 0.15) is 12.1 Å². The molecule has 1 amide bonds. The second-order valence-corrected chi connectivity index (χ2v) is 5.49. The SMILES string of the molecule is CN1CC[C@@H](O)[C@H](C(=O)NCc2cccc3ncnn23)C1. The molecule has 0 saturated carbocycles. The molecule has 0 aromatic carbocycles. The lowest BCUT2D eigenvalue weighted by Gasteiger charge is -2.32. The highest BCUT2D eigenvalue weighted by molar-refractivity contribution is 5.79. The van der Waals surface area contributed by atoms with Gasteiger partial charge in [0.15, 0.2) is 5.65 Å². The van der Waals surface area contributed by atoms with Gasteiger partial charge in [-0.15, -0.1) is 0 Å². The molecule has 112 valence electrons. The van der Waals surface area contributed by atoms with E-state index in [0.29, 0.717) is 19.5 Å². The van der Waals surface area contributed by atoms with Gasteiger partial charge in [-0.1, -0.05) is 6.07 Å². The van der Waals surface area contributed by atoms with Crippen LogP contribution in [0.25, 0.3) is 5.65 Å². The Morgan fingerprint density at radius 1 is 1.52 bits per heavy atom. The summed E-state index contributed by atoms with van der Waals surface area (Å²) in [4.78, 5) is 18.4. The fraction of sp³-hybridized carbons (Fsp3) is 0.500. The largest absolute Gasteiger partial charge is 0.392 e. The third kappa shape index (κ3) is 2.88. The standard InChI is InChI=1S/C14H19N5O2/c1-18-6-5-12(20)11(8-18)14(21)15-7-10-3-2-4-13-16-9-17-19(10)13/h2-4,9,11-12,20H,5-8H2,1H3,(H,15,21)/t11-,12-/m1/s1. The minimum Gasteiger partial charge on any atom is -0.392 e. The predicted molar refractivity (Wildman–Crippen MR) is 76.4 cm³/mol. The molecule has 2 N–H and O–H groups in total. The van der Waals surface area contributed by atoms with Crippen molar-refractivity contribution in [1.29, 1.82) is 0 Å². The molecular formula is C14H19N5O2. The van der Waals surface area contributed by atoms with E-state index in [4.69, 9.17) is 0 Å². The molecule has 0 spiro atoms. The maximum absolute atomic E-state index is 12.3. The number of piperidine rings is 1. The number of nitrogens with one attached hydrogen (secondary N) is 1. The summed E-state index contributed by atoms with van der Waals surface area (Å²) in [5.41, 5.74) is 1.61. The van der Waals surface area contributed by atoms with E-state index >= 15 is 0 Å². The Balaban J connectivity index is 1.67. The fourth-order valence-corrected chi connectivity index (χ4v) is 2.70. The number of carbonyl (C=O) groups excluding carboxylic acids is 1. The van der Waals surface area contributed by atoms with Gasteiger partial charge < -0.3 is 15.3 Å². The normalized spacial score (nSPS) is 23.3. The molecule has 1 fully saturated rings. The molecule has 0 bridgehead atoms. The lowest BCUT2D eigenvalue weighted by molar-refractivity contribution is -0.131. The van der Waals surface area contributed by atoms with E-state index in [9.17, 15) is 9.90 Å². The summed E-state index contributed by atoms with van der Waals surface area (Å²) in [5.74, 6) is -0.495. The van der Waals surface area contributed by atoms with E-state index in [2.05, 4.69) is 20.3 Å². The molecule has 0 unspecified atom stereocenters. The summed E-state index contributed by atoms with van der Waals surface area (Å²) in [6.07, 6.45) is 1.55. The Labute approximate surface area is 122 Å². The third-order valence-corrected chi connectivity index (χ3v) is 3.94. The van der Waals surface area contributed by atoms with Gasteiger partial charge in [0.1, 0.15) is 6.33 Å². The lowest BCUT2D eigenvalue weighted by atomic mass is 9.94. The Morgan fingerprint density at radius 3 is 3.24 bits per heavy atom. The van der Waals surface area contributed by atoms with Crippen LogP contribution < -0.4 is 5.32 Å². The first-order chi connectivity index (χ1) is 10.1. The van der Waals surface area contributed by atoms with Gasteiger partial charge in [0, 0.05) is 13.1 Å². The molecule has 1 aliphatic rings. The number of aromatic nitrogens is 3. The number of carbonyl (C=O) groups is 1. The number of pyridine rings is 1. The van der Waals surface area contributed by atoms with E-state index in [0.717, 1.165) is 17.9 Å². The van der Waals surface area contributed by atoms with Gasteiger partial charge in [-0.05, 0) is 25.6 Å². The zero-order valence-corrected chi connectivity index (χ0v) is 11.9. The molecule has 1 saturated heterocycles. The van der Waals surface area contributed by atoms with Crippen molar-refractivity contribution in [3.63, 3.8) is 0 Å². The Bertz CT molecular complexity index is 641. The topological polar surface area (TPSA) is 82.8 Å². The number of aliphatic hydroxyl groups is 1. The first kappa shape index (κ1) is 14.0. The Hall–Kier alpha value is -1.99. The van der Waals surface area contributed by atoms with Gasteiger partial charge >= 0.3 is 0 Å². The first-order valence-electron chi connectivity index (χ1n) is 7.07. The molecule has 2 aromatic rings. The van der Waals surface area contributed by atoms with Gasteiger partial charge in [-0.2, -0.15) is 5.10 Å². The second kappa shape index (κ2) is 5.79. The number of hydrogen-bond acceptors (Lipinski definition) is 5. The summed E-state index contributed by atoms with van der Waals surface area (Å²) in [6.45, 7) is 1.77. The minimum atomic E-state index is -0.566. The highest BCUT2D eigenvalue weighted by atomic mass is 16.3. The smallest absolute Gasteiger partial charge is 0.227 e. The lowest BCUT2D eigenvalue weighted by Crippen LogP contribution is -2.48. The molecule has 0 radical (unpaired) electrons. The van der Waals surface area contributed by atoms with Crippen LogP contribution >= 0.6 is 0 Å². The summed E-state index contributed by atoms with van der Waals surface area (Å²) < 4.78 is 1.70. The van der Waals surface area contributed by atoms with E-state index < -0.39 is 6.10 Å². The number of fused-ring (bicyclic) bond motifs is 1. The summed E-state index contributed by atoms with van der Waals surface area (Å²) in [7, 11) is 1.96. The molecule has 3 heterocycles. The summed E-state index contributed by atoms with van der Waals surface area (Å²) >= 11 is 0. The van der Waals surface area contributed by atoms with Crippen molar-refractivity contribution in [2.75, 3.05) is 20.1 Å². The molecule has 7 heteroatoms. The fourth-order valence-electron chi connectivity index (χ4n) is 2.70. The third-order valence-electron chi connectivity index (χ3n) is 3.94. The molecule has 7 nitrogen and oxygen atoms in total. The maximum Gasteiger partial charge on any atom is 0.227 e. The molecule has 3 rings (SSSR count). The van der Waals surface area contributed by atoms with Crippen LogP contribution in [0.2, 0.25) is 0 Å². The average molecular weight is 289 g/mol. The van der Waals surface area contributed by atoms with Crippen molar-refractivity contribution in [3.05, 3.63) is 30.2 Å². The molecule has 2 aromatic heterocycles. The first-order valence-corrected chi connectivity index (χ1v) is 7.07. The van der Waals surface area contributed by atoms with Crippen molar-refractivity contribution in [1.82, 2.24) is 24.8 Å². The molecular weight excluding hydrogens is 270 g/mol. The van der Waals surface area contributed by atoms with Crippen LogP contribution in [0.5, 0.6) is 0 Å². The molecule has 1 aliphatic heterocycles. The van der Waals surface area contributed by atoms with Crippen LogP contribution in [-0.4, -0.2) is 56.8 Å². The monoisotopic (exact) mass is 289 g/mol. The number of hydrogen-bond donors (Lipinski definition) is 2. The predicted octanol–water partition coefficient (Wildman–Crippen LogP) is -0.342. The number of rotatable bonds is 3. The van der Waals surface area contributed by atoms with Crippen molar-refractivity contribution in [2.24, 2.45) is 5.92 Å². The van der Waals surface area contributed by atoms with E-state index in [1.165, 1.54) is 6.33 Å². The molecule has 2 atom stereocenters. The van der Waals surface area contributed by atoms with E-state index in [1.807, 2.05) is 25.2 Å². The van der Waals surface area contributed by atoms with Crippen LogP contribution in [-0.2, 0) is 11.3 Å². The molecule has 21 heavy (non-hydrogen) atoms. The number of likely N-dealkylation sites (tertiary alicyclic amines) is 1. The van der Waals surface area contributed by atoms with Crippen molar-refractivity contribution >= 4 is 11.6 Å². The van der Waals surface area contributed by atoms with Crippen LogP contribution in [0.3, 0.4) is 0 Å². The van der Waals surface area contributed by atoms with Gasteiger partial charge in [0.2, 0.25) is 5.91 Å². The second-order valence-electron chi connectivity index (χ2n) is 5.49. The quantitative estimate of drug-likeness (QED) is 0.807. The van der Waals surface area contributed by atoms with Crippen molar-refractivity contribution in [3.8, 4) is 0 Å². The van der Waals surface area contributed by atoms with Crippen molar-refractivity contribution in [2.45, 2.75) is 19.1 Å². The number of amides is 1. The van der Waals surface area contributed by atoms with E-state index in [-0.39, 0.29) is 11.8 Å². The van der Waals surface area contributed by atoms with Crippen LogP contribution in [0.15, 0.2) is 24.5 Å². The van der Waals surface area contributed by atoms with Gasteiger partial charge in [0.25, 0.3) is 0 Å². The Morgan fingerprint density at radius 2 is 2.38 bits per heavy atom. The average Bonchev–Trinajstić information content (AvgIpc) is 2.96.